The molecule has 1 aliphatic rings. The van der Waals surface area contributed by atoms with Crippen LogP contribution in [0.25, 0.3) is 0 Å². The summed E-state index contributed by atoms with van der Waals surface area (Å²) in [6.07, 6.45) is 2.40. The molecule has 0 radical (unpaired) electrons. The summed E-state index contributed by atoms with van der Waals surface area (Å²) in [4.78, 5) is 25.7. The van der Waals surface area contributed by atoms with Gasteiger partial charge in [0, 0.05) is 16.2 Å². The molecule has 1 unspecified atom stereocenters. The molecule has 2 amide bonds. The molecule has 0 heterocycles. The third-order valence-electron chi connectivity index (χ3n) is 4.01. The average Bonchev–Trinajstić information content (AvgIpc) is 3.25. The number of amides is 2. The summed E-state index contributed by atoms with van der Waals surface area (Å²) in [6.45, 7) is 4.39. The number of nitrogens with one attached hydrogen (secondary N) is 2. The number of nitrogens with zero attached hydrogens (tertiary/aromatic N) is 1. The molecule has 1 aromatic rings. The Balaban J connectivity index is 1.76. The summed E-state index contributed by atoms with van der Waals surface area (Å²) in [5.41, 5.74) is 1.78. The van der Waals surface area contributed by atoms with Crippen molar-refractivity contribution in [3.05, 3.63) is 28.2 Å². The first-order valence-electron chi connectivity index (χ1n) is 7.89. The predicted molar refractivity (Wildman–Crippen MR) is 95.3 cm³/mol. The summed E-state index contributed by atoms with van der Waals surface area (Å²) in [5.74, 6) is 0.480. The molecule has 1 atom stereocenters. The van der Waals surface area contributed by atoms with E-state index < -0.39 is 0 Å². The van der Waals surface area contributed by atoms with Gasteiger partial charge >= 0.3 is 0 Å². The van der Waals surface area contributed by atoms with Crippen molar-refractivity contribution in [1.82, 2.24) is 10.2 Å². The molecule has 1 aromatic carbocycles. The Kier molecular flexibility index (Phi) is 6.18. The number of carbonyl (C=O) groups is 2. The van der Waals surface area contributed by atoms with Crippen LogP contribution in [0.15, 0.2) is 22.7 Å². The highest BCUT2D eigenvalue weighted by atomic mass is 79.9. The van der Waals surface area contributed by atoms with E-state index in [1.807, 2.05) is 32.0 Å². The molecule has 2 rings (SSSR count). The maximum atomic E-state index is 12.1. The number of carbonyl (C=O) groups excluding carboxylic acids is 2. The van der Waals surface area contributed by atoms with Crippen LogP contribution in [0.3, 0.4) is 0 Å². The van der Waals surface area contributed by atoms with Crippen molar-refractivity contribution in [3.8, 4) is 0 Å². The number of anilines is 1. The van der Waals surface area contributed by atoms with Crippen molar-refractivity contribution in [1.29, 1.82) is 0 Å². The SMILES string of the molecule is Cc1cc(Br)ccc1NC(=O)CN(C)CC(=O)NC(C)C1CC1. The van der Waals surface area contributed by atoms with Gasteiger partial charge in [0.25, 0.3) is 0 Å². The van der Waals surface area contributed by atoms with Crippen LogP contribution in [0.1, 0.15) is 25.3 Å². The molecule has 6 heteroatoms. The van der Waals surface area contributed by atoms with Crippen LogP contribution in [0.4, 0.5) is 5.69 Å². The normalized spacial score (nSPS) is 15.3. The highest BCUT2D eigenvalue weighted by Gasteiger charge is 2.29. The molecule has 23 heavy (non-hydrogen) atoms. The quantitative estimate of drug-likeness (QED) is 0.762. The molecule has 0 aromatic heterocycles. The van der Waals surface area contributed by atoms with E-state index in [4.69, 9.17) is 0 Å². The lowest BCUT2D eigenvalue weighted by molar-refractivity contribution is -0.123. The minimum absolute atomic E-state index is 0.0282. The number of hydrogen-bond acceptors (Lipinski definition) is 3. The molecule has 1 aliphatic carbocycles. The van der Waals surface area contributed by atoms with Gasteiger partial charge in [-0.05, 0) is 63.4 Å². The first kappa shape index (κ1) is 17.9. The topological polar surface area (TPSA) is 61.4 Å². The maximum Gasteiger partial charge on any atom is 0.238 e. The van der Waals surface area contributed by atoms with E-state index in [9.17, 15) is 9.59 Å². The predicted octanol–water partition coefficient (Wildman–Crippen LogP) is 2.54. The molecule has 1 fully saturated rings. The molecule has 0 bridgehead atoms. The highest BCUT2D eigenvalue weighted by Crippen LogP contribution is 2.32. The van der Waals surface area contributed by atoms with Crippen LogP contribution < -0.4 is 10.6 Å². The monoisotopic (exact) mass is 381 g/mol. The number of aryl methyl sites for hydroxylation is 1. The van der Waals surface area contributed by atoms with Crippen LogP contribution in [0.2, 0.25) is 0 Å². The lowest BCUT2D eigenvalue weighted by Gasteiger charge is -2.18. The zero-order valence-corrected chi connectivity index (χ0v) is 15.4. The highest BCUT2D eigenvalue weighted by molar-refractivity contribution is 9.10. The van der Waals surface area contributed by atoms with Crippen molar-refractivity contribution in [2.75, 3.05) is 25.5 Å². The smallest absolute Gasteiger partial charge is 0.238 e. The van der Waals surface area contributed by atoms with E-state index in [1.54, 1.807) is 11.9 Å². The fourth-order valence-corrected chi connectivity index (χ4v) is 2.99. The van der Waals surface area contributed by atoms with Crippen molar-refractivity contribution < 1.29 is 9.59 Å². The second-order valence-corrected chi connectivity index (χ2v) is 7.29. The van der Waals surface area contributed by atoms with E-state index in [-0.39, 0.29) is 30.9 Å². The molecule has 0 aliphatic heterocycles. The summed E-state index contributed by atoms with van der Waals surface area (Å²) >= 11 is 3.40. The number of benzene rings is 1. The summed E-state index contributed by atoms with van der Waals surface area (Å²) in [5, 5.41) is 5.87. The molecule has 0 spiro atoms. The standard InChI is InChI=1S/C17H24BrN3O2/c1-11-8-14(18)6-7-15(11)20-17(23)10-21(3)9-16(22)19-12(2)13-4-5-13/h6-8,12-13H,4-5,9-10H2,1-3H3,(H,19,22)(H,20,23). The fraction of sp³-hybridized carbons (Fsp3) is 0.529. The van der Waals surface area contributed by atoms with Gasteiger partial charge in [-0.15, -0.1) is 0 Å². The van der Waals surface area contributed by atoms with E-state index in [0.29, 0.717) is 5.92 Å². The zero-order chi connectivity index (χ0) is 17.0. The van der Waals surface area contributed by atoms with E-state index in [1.165, 1.54) is 12.8 Å². The van der Waals surface area contributed by atoms with Crippen LogP contribution >= 0.6 is 15.9 Å². The lowest BCUT2D eigenvalue weighted by atomic mass is 10.2. The van der Waals surface area contributed by atoms with Crippen LogP contribution in [-0.2, 0) is 9.59 Å². The van der Waals surface area contributed by atoms with Gasteiger partial charge in [0.2, 0.25) is 11.8 Å². The second kappa shape index (κ2) is 7.93. The van der Waals surface area contributed by atoms with Gasteiger partial charge in [-0.1, -0.05) is 15.9 Å². The maximum absolute atomic E-state index is 12.1. The first-order valence-corrected chi connectivity index (χ1v) is 8.68. The molecule has 5 nitrogen and oxygen atoms in total. The van der Waals surface area contributed by atoms with Gasteiger partial charge in [-0.25, -0.2) is 0 Å². The summed E-state index contributed by atoms with van der Waals surface area (Å²) in [6, 6.07) is 5.93. The van der Waals surface area contributed by atoms with Crippen LogP contribution in [-0.4, -0.2) is 42.9 Å². The largest absolute Gasteiger partial charge is 0.352 e. The minimum atomic E-state index is -0.124. The van der Waals surface area contributed by atoms with E-state index in [2.05, 4.69) is 26.6 Å². The van der Waals surface area contributed by atoms with Crippen molar-refractivity contribution in [2.45, 2.75) is 32.7 Å². The molecule has 126 valence electrons. The third kappa shape index (κ3) is 5.95. The second-order valence-electron chi connectivity index (χ2n) is 6.37. The van der Waals surface area contributed by atoms with Crippen LogP contribution in [0, 0.1) is 12.8 Å². The number of rotatable bonds is 7. The van der Waals surface area contributed by atoms with Gasteiger partial charge in [0.15, 0.2) is 0 Å². The number of hydrogen-bond donors (Lipinski definition) is 2. The van der Waals surface area contributed by atoms with Gasteiger partial charge < -0.3 is 10.6 Å². The number of likely N-dealkylation sites (N-methyl/N-ethyl adjacent to an activating group) is 1. The molecule has 0 saturated heterocycles. The van der Waals surface area contributed by atoms with E-state index >= 15 is 0 Å². The Bertz CT molecular complexity index is 587. The Morgan fingerprint density at radius 1 is 1.30 bits per heavy atom. The first-order chi connectivity index (χ1) is 10.8. The Morgan fingerprint density at radius 3 is 2.57 bits per heavy atom. The van der Waals surface area contributed by atoms with Crippen LogP contribution in [0.5, 0.6) is 0 Å². The zero-order valence-electron chi connectivity index (χ0n) is 13.9. The molecule has 2 N–H and O–H groups in total. The average molecular weight is 382 g/mol. The van der Waals surface area contributed by atoms with Gasteiger partial charge in [0.1, 0.15) is 0 Å². The minimum Gasteiger partial charge on any atom is -0.352 e. The van der Waals surface area contributed by atoms with Crippen molar-refractivity contribution >= 4 is 33.4 Å². The van der Waals surface area contributed by atoms with Crippen molar-refractivity contribution in [3.63, 3.8) is 0 Å². The lowest BCUT2D eigenvalue weighted by Crippen LogP contribution is -2.42. The van der Waals surface area contributed by atoms with Gasteiger partial charge in [-0.3, -0.25) is 14.5 Å². The third-order valence-corrected chi connectivity index (χ3v) is 4.50. The number of halogens is 1. The van der Waals surface area contributed by atoms with E-state index in [0.717, 1.165) is 15.7 Å². The molecule has 1 saturated carbocycles. The molecular formula is C17H24BrN3O2. The summed E-state index contributed by atoms with van der Waals surface area (Å²) < 4.78 is 0.978. The Labute approximate surface area is 145 Å². The molecular weight excluding hydrogens is 358 g/mol. The van der Waals surface area contributed by atoms with Gasteiger partial charge in [-0.2, -0.15) is 0 Å². The fourth-order valence-electron chi connectivity index (χ4n) is 2.52. The van der Waals surface area contributed by atoms with Gasteiger partial charge in [0.05, 0.1) is 13.1 Å². The Morgan fingerprint density at radius 2 is 1.96 bits per heavy atom. The Hall–Kier alpha value is -1.40. The van der Waals surface area contributed by atoms with Crippen molar-refractivity contribution in [2.24, 2.45) is 5.92 Å². The summed E-state index contributed by atoms with van der Waals surface area (Å²) in [7, 11) is 1.77.